The van der Waals surface area contributed by atoms with Gasteiger partial charge in [0.15, 0.2) is 0 Å². The van der Waals surface area contributed by atoms with Gasteiger partial charge in [-0.15, -0.1) is 0 Å². The summed E-state index contributed by atoms with van der Waals surface area (Å²) in [6.45, 7) is 3.22. The predicted octanol–water partition coefficient (Wildman–Crippen LogP) is 5.37. The third-order valence-electron chi connectivity index (χ3n) is 5.37. The summed E-state index contributed by atoms with van der Waals surface area (Å²) in [5.41, 5.74) is 6.97. The van der Waals surface area contributed by atoms with Crippen molar-refractivity contribution in [3.8, 4) is 11.1 Å². The Morgan fingerprint density at radius 2 is 1.57 bits per heavy atom. The van der Waals surface area contributed by atoms with Gasteiger partial charge in [0.1, 0.15) is 0 Å². The minimum absolute atomic E-state index is 0.0627. The van der Waals surface area contributed by atoms with Gasteiger partial charge in [0.05, 0.1) is 23.3 Å². The number of carbonyl (C=O) groups is 1. The molecule has 1 aromatic heterocycles. The van der Waals surface area contributed by atoms with Crippen LogP contribution in [0.15, 0.2) is 78.9 Å². The molecule has 0 aliphatic carbocycles. The zero-order valence-electron chi connectivity index (χ0n) is 15.7. The Kier molecular flexibility index (Phi) is 3.94. The van der Waals surface area contributed by atoms with Crippen LogP contribution in [0.2, 0.25) is 0 Å². The van der Waals surface area contributed by atoms with Gasteiger partial charge in [-0.1, -0.05) is 78.4 Å². The summed E-state index contributed by atoms with van der Waals surface area (Å²) in [6.07, 6.45) is 0. The second kappa shape index (κ2) is 6.61. The van der Waals surface area contributed by atoms with Crippen LogP contribution >= 0.6 is 0 Å². The lowest BCUT2D eigenvalue weighted by molar-refractivity contribution is 0.0767. The number of hydrogen-bond acceptors (Lipinski definition) is 2. The molecule has 28 heavy (non-hydrogen) atoms. The third kappa shape index (κ3) is 2.76. The minimum Gasteiger partial charge on any atom is -0.328 e. The molecule has 4 aromatic rings. The van der Waals surface area contributed by atoms with Crippen molar-refractivity contribution in [3.05, 3.63) is 101 Å². The van der Waals surface area contributed by atoms with Crippen molar-refractivity contribution in [1.29, 1.82) is 0 Å². The van der Waals surface area contributed by atoms with Crippen LogP contribution in [0.5, 0.6) is 0 Å². The lowest BCUT2D eigenvalue weighted by atomic mass is 9.95. The van der Waals surface area contributed by atoms with E-state index in [1.165, 1.54) is 5.56 Å². The Balaban J connectivity index is 1.64. The molecule has 0 unspecified atom stereocenters. The van der Waals surface area contributed by atoms with E-state index in [2.05, 4.69) is 49.4 Å². The van der Waals surface area contributed by atoms with Gasteiger partial charge in [-0.2, -0.15) is 0 Å². The molecule has 0 atom stereocenters. The number of amides is 1. The van der Waals surface area contributed by atoms with E-state index in [0.717, 1.165) is 38.9 Å². The molecule has 3 aromatic carbocycles. The molecule has 0 saturated heterocycles. The Morgan fingerprint density at radius 1 is 0.857 bits per heavy atom. The molecular formula is C25H20N2O. The van der Waals surface area contributed by atoms with Crippen LogP contribution in [-0.2, 0) is 13.1 Å². The molecule has 0 fully saturated rings. The van der Waals surface area contributed by atoms with Crippen LogP contribution in [0.3, 0.4) is 0 Å². The fourth-order valence-electron chi connectivity index (χ4n) is 3.96. The molecule has 3 heteroatoms. The molecule has 0 saturated carbocycles. The summed E-state index contributed by atoms with van der Waals surface area (Å²) in [4.78, 5) is 20.1. The van der Waals surface area contributed by atoms with Gasteiger partial charge in [0.2, 0.25) is 0 Å². The highest BCUT2D eigenvalue weighted by Crippen LogP contribution is 2.37. The monoisotopic (exact) mass is 364 g/mol. The lowest BCUT2D eigenvalue weighted by Crippen LogP contribution is -2.23. The van der Waals surface area contributed by atoms with E-state index in [4.69, 9.17) is 4.98 Å². The van der Waals surface area contributed by atoms with Crippen molar-refractivity contribution in [2.45, 2.75) is 20.0 Å². The van der Waals surface area contributed by atoms with Gasteiger partial charge in [0, 0.05) is 17.5 Å². The highest BCUT2D eigenvalue weighted by Gasteiger charge is 2.33. The smallest absolute Gasteiger partial charge is 0.257 e. The molecular weight excluding hydrogens is 344 g/mol. The molecule has 0 spiro atoms. The van der Waals surface area contributed by atoms with Crippen LogP contribution in [0.4, 0.5) is 0 Å². The van der Waals surface area contributed by atoms with E-state index in [1.807, 2.05) is 41.3 Å². The zero-order valence-corrected chi connectivity index (χ0v) is 15.7. The summed E-state index contributed by atoms with van der Waals surface area (Å²) < 4.78 is 0. The van der Waals surface area contributed by atoms with Gasteiger partial charge < -0.3 is 4.90 Å². The van der Waals surface area contributed by atoms with Gasteiger partial charge in [0.25, 0.3) is 5.91 Å². The minimum atomic E-state index is 0.0627. The van der Waals surface area contributed by atoms with Gasteiger partial charge in [-0.05, 0) is 24.1 Å². The van der Waals surface area contributed by atoms with Gasteiger partial charge >= 0.3 is 0 Å². The van der Waals surface area contributed by atoms with Crippen LogP contribution in [-0.4, -0.2) is 15.8 Å². The molecule has 0 N–H and O–H groups in total. The van der Waals surface area contributed by atoms with Crippen molar-refractivity contribution in [1.82, 2.24) is 9.88 Å². The molecule has 2 heterocycles. The van der Waals surface area contributed by atoms with E-state index >= 15 is 0 Å². The number of para-hydroxylation sites is 1. The highest BCUT2D eigenvalue weighted by atomic mass is 16.2. The topological polar surface area (TPSA) is 33.2 Å². The fourth-order valence-corrected chi connectivity index (χ4v) is 3.96. The standard InChI is InChI=1S/C25H20N2O/c1-17-11-13-18(14-12-17)15-27-16-22-24(25(27)28)23(19-7-3-2-4-8-19)20-9-5-6-10-21(20)26-22/h2-14H,15-16H2,1H3. The van der Waals surface area contributed by atoms with E-state index in [0.29, 0.717) is 13.1 Å². The third-order valence-corrected chi connectivity index (χ3v) is 5.37. The largest absolute Gasteiger partial charge is 0.328 e. The Labute approximate surface area is 164 Å². The Morgan fingerprint density at radius 3 is 2.36 bits per heavy atom. The fraction of sp³-hybridized carbons (Fsp3) is 0.120. The molecule has 0 bridgehead atoms. The Hall–Kier alpha value is -3.46. The highest BCUT2D eigenvalue weighted by molar-refractivity contribution is 6.11. The molecule has 5 rings (SSSR count). The summed E-state index contributed by atoms with van der Waals surface area (Å²) in [6, 6.07) is 26.6. The van der Waals surface area contributed by atoms with Crippen molar-refractivity contribution < 1.29 is 4.79 Å². The Bertz CT molecular complexity index is 1180. The SMILES string of the molecule is Cc1ccc(CN2Cc3nc4ccccc4c(-c4ccccc4)c3C2=O)cc1. The van der Waals surface area contributed by atoms with Crippen LogP contribution in [0.1, 0.15) is 27.2 Å². The predicted molar refractivity (Wildman–Crippen MR) is 112 cm³/mol. The van der Waals surface area contributed by atoms with E-state index in [1.54, 1.807) is 0 Å². The molecule has 3 nitrogen and oxygen atoms in total. The van der Waals surface area contributed by atoms with Crippen molar-refractivity contribution in [3.63, 3.8) is 0 Å². The number of nitrogens with zero attached hydrogens (tertiary/aromatic N) is 2. The second-order valence-corrected chi connectivity index (χ2v) is 7.34. The summed E-state index contributed by atoms with van der Waals surface area (Å²) >= 11 is 0. The number of carbonyl (C=O) groups excluding carboxylic acids is 1. The summed E-state index contributed by atoms with van der Waals surface area (Å²) in [7, 11) is 0. The molecule has 136 valence electrons. The average molecular weight is 364 g/mol. The number of aryl methyl sites for hydroxylation is 1. The van der Waals surface area contributed by atoms with Gasteiger partial charge in [-0.25, -0.2) is 0 Å². The van der Waals surface area contributed by atoms with E-state index < -0.39 is 0 Å². The number of aromatic nitrogens is 1. The first kappa shape index (κ1) is 16.7. The van der Waals surface area contributed by atoms with Gasteiger partial charge in [-0.3, -0.25) is 9.78 Å². The first-order valence-electron chi connectivity index (χ1n) is 9.52. The van der Waals surface area contributed by atoms with E-state index in [-0.39, 0.29) is 5.91 Å². The number of fused-ring (bicyclic) bond motifs is 2. The van der Waals surface area contributed by atoms with Crippen LogP contribution in [0.25, 0.3) is 22.0 Å². The maximum absolute atomic E-state index is 13.4. The quantitative estimate of drug-likeness (QED) is 0.490. The number of hydrogen-bond donors (Lipinski definition) is 0. The molecule has 0 radical (unpaired) electrons. The molecule has 1 aliphatic rings. The number of pyridine rings is 1. The first-order valence-corrected chi connectivity index (χ1v) is 9.52. The second-order valence-electron chi connectivity index (χ2n) is 7.34. The number of benzene rings is 3. The van der Waals surface area contributed by atoms with Crippen molar-refractivity contribution in [2.75, 3.05) is 0 Å². The first-order chi connectivity index (χ1) is 13.7. The number of rotatable bonds is 3. The zero-order chi connectivity index (χ0) is 19.1. The average Bonchev–Trinajstić information content (AvgIpc) is 3.03. The van der Waals surface area contributed by atoms with Crippen molar-refractivity contribution in [2.24, 2.45) is 0 Å². The van der Waals surface area contributed by atoms with Crippen LogP contribution < -0.4 is 0 Å². The molecule has 1 amide bonds. The molecule has 1 aliphatic heterocycles. The summed E-state index contributed by atoms with van der Waals surface area (Å²) in [5, 5.41) is 1.03. The van der Waals surface area contributed by atoms with Crippen molar-refractivity contribution >= 4 is 16.8 Å². The van der Waals surface area contributed by atoms with E-state index in [9.17, 15) is 4.79 Å². The normalized spacial score (nSPS) is 13.2. The maximum atomic E-state index is 13.4. The van der Waals surface area contributed by atoms with Crippen LogP contribution in [0, 0.1) is 6.92 Å². The maximum Gasteiger partial charge on any atom is 0.257 e. The summed E-state index contributed by atoms with van der Waals surface area (Å²) in [5.74, 6) is 0.0627. The lowest BCUT2D eigenvalue weighted by Gasteiger charge is -2.16.